The van der Waals surface area contributed by atoms with E-state index in [4.69, 9.17) is 4.74 Å². The molecular weight excluding hydrogens is 384 g/mol. The third-order valence-electron chi connectivity index (χ3n) is 5.14. The minimum atomic E-state index is -1.06. The van der Waals surface area contributed by atoms with Crippen LogP contribution in [-0.4, -0.2) is 55.3 Å². The molecule has 3 rings (SSSR count). The van der Waals surface area contributed by atoms with Crippen molar-refractivity contribution in [2.75, 3.05) is 48.4 Å². The molecule has 1 aromatic heterocycles. The number of rotatable bonds is 8. The Kier molecular flexibility index (Phi) is 7.11. The summed E-state index contributed by atoms with van der Waals surface area (Å²) in [5.41, 5.74) is 1.52. The van der Waals surface area contributed by atoms with Crippen molar-refractivity contribution in [3.05, 3.63) is 42.1 Å². The summed E-state index contributed by atoms with van der Waals surface area (Å²) in [4.78, 5) is 32.4. The van der Waals surface area contributed by atoms with Crippen molar-refractivity contribution in [3.63, 3.8) is 0 Å². The topological polar surface area (TPSA) is 95.0 Å². The van der Waals surface area contributed by atoms with Crippen LogP contribution in [0.2, 0.25) is 0 Å². The lowest BCUT2D eigenvalue weighted by molar-refractivity contribution is -0.116. The van der Waals surface area contributed by atoms with Gasteiger partial charge >= 0.3 is 5.97 Å². The SMILES string of the molecule is CCCCC(=O)Nc1cnc(N2CCN(c3ccccc3OC)CC2)c(C(=O)O)c1. The lowest BCUT2D eigenvalue weighted by atomic mass is 10.2. The number of para-hydroxylation sites is 2. The highest BCUT2D eigenvalue weighted by atomic mass is 16.5. The van der Waals surface area contributed by atoms with Gasteiger partial charge in [0.1, 0.15) is 17.1 Å². The summed E-state index contributed by atoms with van der Waals surface area (Å²) >= 11 is 0. The van der Waals surface area contributed by atoms with Gasteiger partial charge in [0, 0.05) is 32.6 Å². The number of carboxylic acid groups (broad SMARTS) is 1. The number of amides is 1. The van der Waals surface area contributed by atoms with Gasteiger partial charge in [-0.1, -0.05) is 25.5 Å². The smallest absolute Gasteiger partial charge is 0.339 e. The highest BCUT2D eigenvalue weighted by Crippen LogP contribution is 2.30. The number of piperazine rings is 1. The summed E-state index contributed by atoms with van der Waals surface area (Å²) in [5, 5.41) is 12.4. The number of nitrogens with one attached hydrogen (secondary N) is 1. The van der Waals surface area contributed by atoms with Crippen LogP contribution in [0.25, 0.3) is 0 Å². The molecule has 2 heterocycles. The summed E-state index contributed by atoms with van der Waals surface area (Å²) in [6.07, 6.45) is 3.65. The van der Waals surface area contributed by atoms with E-state index in [0.29, 0.717) is 31.0 Å². The van der Waals surface area contributed by atoms with Gasteiger partial charge in [0.25, 0.3) is 0 Å². The molecule has 8 heteroatoms. The number of carbonyl (C=O) groups excluding carboxylic acids is 1. The number of unbranched alkanes of at least 4 members (excludes halogenated alkanes) is 1. The molecule has 1 saturated heterocycles. The van der Waals surface area contributed by atoms with E-state index in [1.165, 1.54) is 12.3 Å². The first kappa shape index (κ1) is 21.4. The van der Waals surface area contributed by atoms with Crippen LogP contribution in [0.4, 0.5) is 17.2 Å². The van der Waals surface area contributed by atoms with Crippen molar-refractivity contribution >= 4 is 29.1 Å². The van der Waals surface area contributed by atoms with Crippen LogP contribution in [0.5, 0.6) is 5.75 Å². The Morgan fingerprint density at radius 1 is 1.17 bits per heavy atom. The molecule has 160 valence electrons. The zero-order valence-corrected chi connectivity index (χ0v) is 17.4. The van der Waals surface area contributed by atoms with Crippen LogP contribution in [0, 0.1) is 0 Å². The Morgan fingerprint density at radius 3 is 2.53 bits per heavy atom. The van der Waals surface area contributed by atoms with Crippen LogP contribution in [0.3, 0.4) is 0 Å². The maximum absolute atomic E-state index is 11.9. The van der Waals surface area contributed by atoms with E-state index in [0.717, 1.165) is 37.4 Å². The number of hydrogen-bond donors (Lipinski definition) is 2. The van der Waals surface area contributed by atoms with Crippen LogP contribution in [0.1, 0.15) is 36.5 Å². The van der Waals surface area contributed by atoms with Gasteiger partial charge in [-0.3, -0.25) is 4.79 Å². The first-order valence-electron chi connectivity index (χ1n) is 10.2. The second-order valence-corrected chi connectivity index (χ2v) is 7.20. The molecule has 0 radical (unpaired) electrons. The molecule has 30 heavy (non-hydrogen) atoms. The van der Waals surface area contributed by atoms with Crippen molar-refractivity contribution in [2.24, 2.45) is 0 Å². The van der Waals surface area contributed by atoms with Gasteiger partial charge in [0.2, 0.25) is 5.91 Å². The van der Waals surface area contributed by atoms with Crippen LogP contribution in [-0.2, 0) is 4.79 Å². The van der Waals surface area contributed by atoms with Gasteiger partial charge in [-0.2, -0.15) is 0 Å². The second kappa shape index (κ2) is 9.96. The van der Waals surface area contributed by atoms with Crippen molar-refractivity contribution in [2.45, 2.75) is 26.2 Å². The molecule has 1 amide bonds. The quantitative estimate of drug-likeness (QED) is 0.687. The zero-order valence-electron chi connectivity index (χ0n) is 17.4. The number of pyridine rings is 1. The van der Waals surface area contributed by atoms with Crippen LogP contribution in [0.15, 0.2) is 36.5 Å². The summed E-state index contributed by atoms with van der Waals surface area (Å²) < 4.78 is 5.45. The summed E-state index contributed by atoms with van der Waals surface area (Å²) in [7, 11) is 1.65. The number of anilines is 3. The van der Waals surface area contributed by atoms with Gasteiger partial charge in [0.05, 0.1) is 24.7 Å². The van der Waals surface area contributed by atoms with E-state index < -0.39 is 5.97 Å². The molecule has 0 unspecified atom stereocenters. The van der Waals surface area contributed by atoms with Crippen molar-refractivity contribution < 1.29 is 19.4 Å². The maximum Gasteiger partial charge on any atom is 0.339 e. The molecule has 1 fully saturated rings. The molecule has 1 aliphatic heterocycles. The highest BCUT2D eigenvalue weighted by molar-refractivity contribution is 5.97. The molecule has 1 aromatic carbocycles. The van der Waals surface area contributed by atoms with Gasteiger partial charge in [-0.15, -0.1) is 0 Å². The van der Waals surface area contributed by atoms with Crippen LogP contribution >= 0.6 is 0 Å². The molecule has 0 aliphatic carbocycles. The number of nitrogens with zero attached hydrogens (tertiary/aromatic N) is 3. The van der Waals surface area contributed by atoms with E-state index in [2.05, 4.69) is 15.2 Å². The number of ether oxygens (including phenoxy) is 1. The fraction of sp³-hybridized carbons (Fsp3) is 0.409. The number of carboxylic acids is 1. The Labute approximate surface area is 176 Å². The molecule has 2 N–H and O–H groups in total. The molecule has 0 atom stereocenters. The third-order valence-corrected chi connectivity index (χ3v) is 5.14. The molecule has 2 aromatic rings. The van der Waals surface area contributed by atoms with E-state index in [1.807, 2.05) is 36.1 Å². The van der Waals surface area contributed by atoms with Gasteiger partial charge in [-0.05, 0) is 24.6 Å². The number of methoxy groups -OCH3 is 1. The average molecular weight is 412 g/mol. The average Bonchev–Trinajstić information content (AvgIpc) is 2.77. The molecule has 8 nitrogen and oxygen atoms in total. The molecule has 0 bridgehead atoms. The predicted octanol–water partition coefficient (Wildman–Crippen LogP) is 3.24. The summed E-state index contributed by atoms with van der Waals surface area (Å²) in [6, 6.07) is 9.35. The Balaban J connectivity index is 1.71. The van der Waals surface area contributed by atoms with Crippen molar-refractivity contribution in [3.8, 4) is 5.75 Å². The number of aromatic nitrogens is 1. The number of carbonyl (C=O) groups is 2. The van der Waals surface area contributed by atoms with Gasteiger partial charge in [0.15, 0.2) is 0 Å². The highest BCUT2D eigenvalue weighted by Gasteiger charge is 2.24. The van der Waals surface area contributed by atoms with E-state index in [-0.39, 0.29) is 11.5 Å². The molecule has 0 spiro atoms. The first-order valence-corrected chi connectivity index (χ1v) is 10.2. The molecule has 0 saturated carbocycles. The number of aromatic carboxylic acids is 1. The molecular formula is C22H28N4O4. The maximum atomic E-state index is 11.9. The third kappa shape index (κ3) is 5.00. The van der Waals surface area contributed by atoms with Crippen molar-refractivity contribution in [1.82, 2.24) is 4.98 Å². The lowest BCUT2D eigenvalue weighted by Gasteiger charge is -2.37. The zero-order chi connectivity index (χ0) is 21.5. The monoisotopic (exact) mass is 412 g/mol. The fourth-order valence-corrected chi connectivity index (χ4v) is 3.55. The van der Waals surface area contributed by atoms with Crippen molar-refractivity contribution in [1.29, 1.82) is 0 Å². The predicted molar refractivity (Wildman–Crippen MR) is 117 cm³/mol. The minimum Gasteiger partial charge on any atom is -0.495 e. The normalized spacial score (nSPS) is 13.8. The summed E-state index contributed by atoms with van der Waals surface area (Å²) in [6.45, 7) is 4.72. The van der Waals surface area contributed by atoms with E-state index >= 15 is 0 Å². The van der Waals surface area contributed by atoms with Crippen LogP contribution < -0.4 is 19.9 Å². The van der Waals surface area contributed by atoms with Gasteiger partial charge < -0.3 is 25.0 Å². The minimum absolute atomic E-state index is 0.0917. The number of benzene rings is 1. The Bertz CT molecular complexity index is 894. The van der Waals surface area contributed by atoms with Gasteiger partial charge in [-0.25, -0.2) is 9.78 Å². The standard InChI is InChI=1S/C22H28N4O4/c1-3-4-9-20(27)24-16-14-17(22(28)29)21(23-15-16)26-12-10-25(11-13-26)18-7-5-6-8-19(18)30-2/h5-8,14-15H,3-4,9-13H2,1-2H3,(H,24,27)(H,28,29). The summed E-state index contributed by atoms with van der Waals surface area (Å²) in [5.74, 6) is 0.0506. The van der Waals surface area contributed by atoms with E-state index in [1.54, 1.807) is 7.11 Å². The second-order valence-electron chi connectivity index (χ2n) is 7.20. The fourth-order valence-electron chi connectivity index (χ4n) is 3.55. The Morgan fingerprint density at radius 2 is 1.87 bits per heavy atom. The largest absolute Gasteiger partial charge is 0.495 e. The van der Waals surface area contributed by atoms with E-state index in [9.17, 15) is 14.7 Å². The molecule has 1 aliphatic rings. The lowest BCUT2D eigenvalue weighted by Crippen LogP contribution is -2.47. The number of hydrogen-bond acceptors (Lipinski definition) is 6. The first-order chi connectivity index (χ1) is 14.5. The Hall–Kier alpha value is -3.29.